The van der Waals surface area contributed by atoms with Gasteiger partial charge in [-0.1, -0.05) is 79.8 Å². The van der Waals surface area contributed by atoms with E-state index in [9.17, 15) is 4.57 Å². The Morgan fingerprint density at radius 1 is 0.947 bits per heavy atom. The van der Waals surface area contributed by atoms with Gasteiger partial charge in [0.05, 0.1) is 0 Å². The van der Waals surface area contributed by atoms with Crippen molar-refractivity contribution in [2.75, 3.05) is 11.5 Å². The summed E-state index contributed by atoms with van der Waals surface area (Å²) in [5.41, 5.74) is -0.960. The van der Waals surface area contributed by atoms with Crippen LogP contribution >= 0.6 is 28.3 Å². The van der Waals surface area contributed by atoms with Crippen molar-refractivity contribution >= 4 is 28.3 Å². The van der Waals surface area contributed by atoms with Crippen LogP contribution in [-0.2, 0) is 10.7 Å². The molecule has 0 saturated carbocycles. The molecule has 0 bridgehead atoms. The van der Waals surface area contributed by atoms with Crippen molar-refractivity contribution in [1.29, 1.82) is 0 Å². The summed E-state index contributed by atoms with van der Waals surface area (Å²) in [6, 6.07) is 10.3. The molecule has 0 atom stereocenters. The van der Waals surface area contributed by atoms with E-state index >= 15 is 0 Å². The molecule has 0 spiro atoms. The standard InChI is InChI=1S/C15H25OPS2/c1-3-5-12-18-17(16,19-13-6-4-2)14-15-10-8-7-9-11-15/h7-11H,3-6,12-14H2,1-2H3. The number of rotatable bonds is 10. The first-order valence-electron chi connectivity index (χ1n) is 7.12. The van der Waals surface area contributed by atoms with Crippen LogP contribution in [0.2, 0.25) is 0 Å². The van der Waals surface area contributed by atoms with Crippen LogP contribution in [0.3, 0.4) is 0 Å². The van der Waals surface area contributed by atoms with Crippen LogP contribution < -0.4 is 0 Å². The van der Waals surface area contributed by atoms with Crippen LogP contribution in [0.15, 0.2) is 30.3 Å². The van der Waals surface area contributed by atoms with Gasteiger partial charge in [-0.15, -0.1) is 0 Å². The Bertz CT molecular complexity index is 367. The maximum absolute atomic E-state index is 13.1. The summed E-state index contributed by atoms with van der Waals surface area (Å²) >= 11 is 3.42. The van der Waals surface area contributed by atoms with E-state index < -0.39 is 5.55 Å². The second kappa shape index (κ2) is 9.96. The Balaban J connectivity index is 2.59. The molecule has 1 aromatic carbocycles. The third-order valence-electron chi connectivity index (χ3n) is 2.79. The zero-order valence-electron chi connectivity index (χ0n) is 12.0. The maximum atomic E-state index is 13.1. The van der Waals surface area contributed by atoms with Crippen molar-refractivity contribution in [3.8, 4) is 0 Å². The molecule has 0 aromatic heterocycles. The minimum atomic E-state index is -2.17. The molecule has 0 aliphatic carbocycles. The molecule has 0 unspecified atom stereocenters. The third-order valence-corrected chi connectivity index (χ3v) is 11.4. The number of hydrogen-bond donors (Lipinski definition) is 0. The molecule has 0 heterocycles. The summed E-state index contributed by atoms with van der Waals surface area (Å²) in [6.07, 6.45) is 5.42. The van der Waals surface area contributed by atoms with Gasteiger partial charge in [0, 0.05) is 17.7 Å². The maximum Gasteiger partial charge on any atom is 0.195 e. The first-order chi connectivity index (χ1) is 9.20. The Morgan fingerprint density at radius 3 is 1.95 bits per heavy atom. The molecule has 0 aliphatic heterocycles. The average molecular weight is 316 g/mol. The Kier molecular flexibility index (Phi) is 9.02. The van der Waals surface area contributed by atoms with E-state index in [0.717, 1.165) is 30.5 Å². The quantitative estimate of drug-likeness (QED) is 0.365. The van der Waals surface area contributed by atoms with Crippen LogP contribution in [-0.4, -0.2) is 11.5 Å². The Hall–Kier alpha value is 0.150. The van der Waals surface area contributed by atoms with Crippen molar-refractivity contribution in [3.05, 3.63) is 35.9 Å². The number of benzene rings is 1. The van der Waals surface area contributed by atoms with Gasteiger partial charge in [0.1, 0.15) is 0 Å². The van der Waals surface area contributed by atoms with E-state index in [1.54, 1.807) is 22.8 Å². The van der Waals surface area contributed by atoms with Gasteiger partial charge in [-0.25, -0.2) is 0 Å². The van der Waals surface area contributed by atoms with Gasteiger partial charge in [-0.3, -0.25) is 0 Å². The van der Waals surface area contributed by atoms with Gasteiger partial charge in [-0.05, 0) is 18.4 Å². The van der Waals surface area contributed by atoms with Crippen LogP contribution in [0.4, 0.5) is 0 Å². The fraction of sp³-hybridized carbons (Fsp3) is 0.600. The highest BCUT2D eigenvalue weighted by Crippen LogP contribution is 2.71. The monoisotopic (exact) mass is 316 g/mol. The van der Waals surface area contributed by atoms with Gasteiger partial charge < -0.3 is 4.57 Å². The van der Waals surface area contributed by atoms with E-state index in [4.69, 9.17) is 0 Å². The Morgan fingerprint density at radius 2 is 1.47 bits per heavy atom. The second-order valence-corrected chi connectivity index (χ2v) is 13.3. The lowest BCUT2D eigenvalue weighted by Gasteiger charge is -2.17. The van der Waals surface area contributed by atoms with Crippen LogP contribution in [0.1, 0.15) is 45.1 Å². The molecule has 4 heteroatoms. The van der Waals surface area contributed by atoms with E-state index in [1.807, 2.05) is 18.2 Å². The zero-order valence-corrected chi connectivity index (χ0v) is 14.5. The number of hydrogen-bond acceptors (Lipinski definition) is 3. The van der Waals surface area contributed by atoms with Crippen molar-refractivity contribution in [2.45, 2.75) is 45.7 Å². The molecule has 0 amide bonds. The molecule has 0 N–H and O–H groups in total. The lowest BCUT2D eigenvalue weighted by atomic mass is 10.2. The molecule has 1 nitrogen and oxygen atoms in total. The van der Waals surface area contributed by atoms with Crippen molar-refractivity contribution in [1.82, 2.24) is 0 Å². The molecule has 1 aromatic rings. The second-order valence-electron chi connectivity index (χ2n) is 4.63. The summed E-state index contributed by atoms with van der Waals surface area (Å²) in [6.45, 7) is 4.37. The molecule has 108 valence electrons. The lowest BCUT2D eigenvalue weighted by molar-refractivity contribution is 0.593. The highest BCUT2D eigenvalue weighted by atomic mass is 33.1. The van der Waals surface area contributed by atoms with Gasteiger partial charge in [0.15, 0.2) is 5.55 Å². The molecule has 1 rings (SSSR count). The van der Waals surface area contributed by atoms with Gasteiger partial charge in [-0.2, -0.15) is 0 Å². The van der Waals surface area contributed by atoms with Gasteiger partial charge in [0.25, 0.3) is 0 Å². The minimum absolute atomic E-state index is 0.733. The lowest BCUT2D eigenvalue weighted by Crippen LogP contribution is -1.87. The predicted octanol–water partition coefficient (Wildman–Crippen LogP) is 6.45. The van der Waals surface area contributed by atoms with E-state index in [1.165, 1.54) is 18.4 Å². The van der Waals surface area contributed by atoms with Crippen molar-refractivity contribution in [2.24, 2.45) is 0 Å². The predicted molar refractivity (Wildman–Crippen MR) is 92.5 cm³/mol. The van der Waals surface area contributed by atoms with Crippen molar-refractivity contribution in [3.63, 3.8) is 0 Å². The summed E-state index contributed by atoms with van der Waals surface area (Å²) in [7, 11) is 0. The van der Waals surface area contributed by atoms with Crippen LogP contribution in [0.25, 0.3) is 0 Å². The molecule has 19 heavy (non-hydrogen) atoms. The minimum Gasteiger partial charge on any atom is -0.300 e. The molecule has 0 fully saturated rings. The van der Waals surface area contributed by atoms with Gasteiger partial charge >= 0.3 is 0 Å². The van der Waals surface area contributed by atoms with E-state index in [2.05, 4.69) is 26.0 Å². The highest BCUT2D eigenvalue weighted by molar-refractivity contribution is 8.90. The SMILES string of the molecule is CCCCSP(=O)(Cc1ccccc1)SCCCC. The van der Waals surface area contributed by atoms with Crippen LogP contribution in [0, 0.1) is 0 Å². The van der Waals surface area contributed by atoms with E-state index in [-0.39, 0.29) is 0 Å². The first-order valence-corrected chi connectivity index (χ1v) is 12.2. The molecule has 0 radical (unpaired) electrons. The van der Waals surface area contributed by atoms with Gasteiger partial charge in [0.2, 0.25) is 0 Å². The largest absolute Gasteiger partial charge is 0.300 e. The average Bonchev–Trinajstić information content (AvgIpc) is 2.40. The molecule has 0 aliphatic rings. The third kappa shape index (κ3) is 7.48. The smallest absolute Gasteiger partial charge is 0.195 e. The fourth-order valence-corrected chi connectivity index (χ4v) is 10.1. The Labute approximate surface area is 126 Å². The topological polar surface area (TPSA) is 17.1 Å². The van der Waals surface area contributed by atoms with Crippen LogP contribution in [0.5, 0.6) is 0 Å². The van der Waals surface area contributed by atoms with E-state index in [0.29, 0.717) is 0 Å². The summed E-state index contributed by atoms with van der Waals surface area (Å²) in [5.74, 6) is 2.06. The first kappa shape index (κ1) is 17.2. The fourth-order valence-electron chi connectivity index (χ4n) is 1.63. The summed E-state index contributed by atoms with van der Waals surface area (Å²) < 4.78 is 13.1. The summed E-state index contributed by atoms with van der Waals surface area (Å²) in [4.78, 5) is 0. The molecule has 0 saturated heterocycles. The summed E-state index contributed by atoms with van der Waals surface area (Å²) in [5, 5.41) is 0. The normalized spacial score (nSPS) is 11.7. The highest BCUT2D eigenvalue weighted by Gasteiger charge is 2.23. The molecular formula is C15H25OPS2. The van der Waals surface area contributed by atoms with Crippen molar-refractivity contribution < 1.29 is 4.57 Å². The molecular weight excluding hydrogens is 291 g/mol. The zero-order chi connectivity index (χ0) is 14.0. The number of unbranched alkanes of at least 4 members (excludes halogenated alkanes) is 2.